The maximum Gasteiger partial charge on any atom is 0.224 e. The van der Waals surface area contributed by atoms with Crippen LogP contribution in [0.15, 0.2) is 15.6 Å². The summed E-state index contributed by atoms with van der Waals surface area (Å²) in [4.78, 5) is 20.0. The van der Waals surface area contributed by atoms with Crippen LogP contribution in [-0.2, 0) is 16.8 Å². The van der Waals surface area contributed by atoms with Crippen LogP contribution in [0.4, 0.5) is 0 Å². The van der Waals surface area contributed by atoms with Crippen molar-refractivity contribution in [2.45, 2.75) is 53.5 Å². The highest BCUT2D eigenvalue weighted by Crippen LogP contribution is 2.22. The fourth-order valence-electron chi connectivity index (χ4n) is 1.61. The lowest BCUT2D eigenvalue weighted by molar-refractivity contribution is -0.125. The van der Waals surface area contributed by atoms with Crippen molar-refractivity contribution in [3.63, 3.8) is 0 Å². The number of oxazole rings is 1. The molecule has 1 aromatic rings. The SMILES string of the molecule is CCNC(=NCc1ncc(C(C)(C)C)o1)NCC(C)(C)C(N)=O. The van der Waals surface area contributed by atoms with Crippen molar-refractivity contribution in [2.24, 2.45) is 16.1 Å². The molecule has 0 radical (unpaired) electrons. The normalized spacial score (nSPS) is 13.0. The molecule has 1 amide bonds. The van der Waals surface area contributed by atoms with E-state index in [1.807, 2.05) is 6.92 Å². The largest absolute Gasteiger partial charge is 0.443 e. The van der Waals surface area contributed by atoms with Crippen molar-refractivity contribution in [3.8, 4) is 0 Å². The van der Waals surface area contributed by atoms with Crippen LogP contribution < -0.4 is 16.4 Å². The Labute approximate surface area is 138 Å². The monoisotopic (exact) mass is 323 g/mol. The van der Waals surface area contributed by atoms with Crippen molar-refractivity contribution in [1.29, 1.82) is 0 Å². The van der Waals surface area contributed by atoms with E-state index in [9.17, 15) is 4.79 Å². The van der Waals surface area contributed by atoms with Crippen molar-refractivity contribution in [1.82, 2.24) is 15.6 Å². The van der Waals surface area contributed by atoms with Crippen LogP contribution in [-0.4, -0.2) is 29.9 Å². The Balaban J connectivity index is 2.72. The number of guanidine groups is 1. The Morgan fingerprint density at radius 3 is 2.43 bits per heavy atom. The molecule has 1 heterocycles. The highest BCUT2D eigenvalue weighted by Gasteiger charge is 2.25. The van der Waals surface area contributed by atoms with Crippen LogP contribution in [0.1, 0.15) is 53.2 Å². The molecule has 0 unspecified atom stereocenters. The topological polar surface area (TPSA) is 106 Å². The Hall–Kier alpha value is -2.05. The van der Waals surface area contributed by atoms with Gasteiger partial charge in [0.05, 0.1) is 11.6 Å². The lowest BCUT2D eigenvalue weighted by atomic mass is 9.93. The van der Waals surface area contributed by atoms with Crippen LogP contribution in [0.3, 0.4) is 0 Å². The fourth-order valence-corrected chi connectivity index (χ4v) is 1.61. The van der Waals surface area contributed by atoms with Gasteiger partial charge in [-0.1, -0.05) is 20.8 Å². The van der Waals surface area contributed by atoms with Crippen molar-refractivity contribution in [3.05, 3.63) is 17.8 Å². The molecule has 0 saturated heterocycles. The minimum Gasteiger partial charge on any atom is -0.443 e. The first-order chi connectivity index (χ1) is 10.6. The summed E-state index contributed by atoms with van der Waals surface area (Å²) >= 11 is 0. The predicted molar refractivity (Wildman–Crippen MR) is 91.0 cm³/mol. The molecule has 0 aliphatic rings. The Morgan fingerprint density at radius 2 is 1.96 bits per heavy atom. The van der Waals surface area contributed by atoms with Crippen LogP contribution in [0, 0.1) is 5.41 Å². The molecular formula is C16H29N5O2. The fraction of sp³-hybridized carbons (Fsp3) is 0.688. The van der Waals surface area contributed by atoms with E-state index in [0.29, 0.717) is 31.5 Å². The van der Waals surface area contributed by atoms with E-state index in [1.165, 1.54) is 0 Å². The number of aromatic nitrogens is 1. The van der Waals surface area contributed by atoms with Gasteiger partial charge < -0.3 is 20.8 Å². The zero-order chi connectivity index (χ0) is 17.7. The van der Waals surface area contributed by atoms with Gasteiger partial charge >= 0.3 is 0 Å². The Kier molecular flexibility index (Phi) is 6.18. The maximum atomic E-state index is 11.4. The molecule has 0 saturated carbocycles. The van der Waals surface area contributed by atoms with Gasteiger partial charge in [-0.05, 0) is 20.8 Å². The van der Waals surface area contributed by atoms with Gasteiger partial charge in [-0.2, -0.15) is 0 Å². The third-order valence-electron chi connectivity index (χ3n) is 3.37. The summed E-state index contributed by atoms with van der Waals surface area (Å²) < 4.78 is 5.71. The van der Waals surface area contributed by atoms with Crippen molar-refractivity contribution < 1.29 is 9.21 Å². The number of carbonyl (C=O) groups is 1. The zero-order valence-corrected chi connectivity index (χ0v) is 15.0. The minimum atomic E-state index is -0.654. The van der Waals surface area contributed by atoms with E-state index < -0.39 is 5.41 Å². The molecule has 0 atom stereocenters. The summed E-state index contributed by atoms with van der Waals surface area (Å²) in [6.07, 6.45) is 1.74. The van der Waals surface area contributed by atoms with Gasteiger partial charge in [0, 0.05) is 18.5 Å². The quantitative estimate of drug-likeness (QED) is 0.544. The van der Waals surface area contributed by atoms with Gasteiger partial charge in [0.25, 0.3) is 0 Å². The number of amides is 1. The summed E-state index contributed by atoms with van der Waals surface area (Å²) in [6.45, 7) is 13.2. The van der Waals surface area contributed by atoms with E-state index in [2.05, 4.69) is 41.4 Å². The summed E-state index contributed by atoms with van der Waals surface area (Å²) in [7, 11) is 0. The molecule has 0 bridgehead atoms. The number of rotatable bonds is 6. The number of nitrogens with two attached hydrogens (primary N) is 1. The van der Waals surface area contributed by atoms with Gasteiger partial charge in [0.15, 0.2) is 5.96 Å². The smallest absolute Gasteiger partial charge is 0.224 e. The van der Waals surface area contributed by atoms with Gasteiger partial charge in [-0.15, -0.1) is 0 Å². The first kappa shape index (κ1) is 19.0. The molecule has 4 N–H and O–H groups in total. The minimum absolute atomic E-state index is 0.0801. The van der Waals surface area contributed by atoms with E-state index in [1.54, 1.807) is 20.0 Å². The predicted octanol–water partition coefficient (Wildman–Crippen LogP) is 1.54. The van der Waals surface area contributed by atoms with E-state index in [-0.39, 0.29) is 11.3 Å². The number of aliphatic imine (C=N–C) groups is 1. The summed E-state index contributed by atoms with van der Waals surface area (Å²) in [5.74, 6) is 1.62. The second-order valence-electron chi connectivity index (χ2n) is 7.17. The molecule has 130 valence electrons. The van der Waals surface area contributed by atoms with Gasteiger partial charge in [-0.25, -0.2) is 9.98 Å². The lowest BCUT2D eigenvalue weighted by Gasteiger charge is -2.22. The lowest BCUT2D eigenvalue weighted by Crippen LogP contribution is -2.46. The van der Waals surface area contributed by atoms with Crippen molar-refractivity contribution >= 4 is 11.9 Å². The highest BCUT2D eigenvalue weighted by molar-refractivity contribution is 5.83. The molecule has 0 aliphatic heterocycles. The molecule has 7 nitrogen and oxygen atoms in total. The van der Waals surface area contributed by atoms with Crippen LogP contribution in [0.5, 0.6) is 0 Å². The molecule has 23 heavy (non-hydrogen) atoms. The molecule has 0 fully saturated rings. The second-order valence-corrected chi connectivity index (χ2v) is 7.17. The number of nitrogens with zero attached hydrogens (tertiary/aromatic N) is 2. The Bertz CT molecular complexity index is 555. The first-order valence-corrected chi connectivity index (χ1v) is 7.83. The second kappa shape index (κ2) is 7.48. The summed E-state index contributed by atoms with van der Waals surface area (Å²) in [6, 6.07) is 0. The molecule has 1 rings (SSSR count). The Morgan fingerprint density at radius 1 is 1.30 bits per heavy atom. The zero-order valence-electron chi connectivity index (χ0n) is 15.0. The average molecular weight is 323 g/mol. The molecule has 7 heteroatoms. The molecule has 0 spiro atoms. The first-order valence-electron chi connectivity index (χ1n) is 7.83. The van der Waals surface area contributed by atoms with Crippen LogP contribution in [0.25, 0.3) is 0 Å². The number of primary amides is 1. The molecule has 0 aliphatic carbocycles. The number of hydrogen-bond donors (Lipinski definition) is 3. The molecule has 0 aromatic carbocycles. The number of carbonyl (C=O) groups excluding carboxylic acids is 1. The van der Waals surface area contributed by atoms with Gasteiger partial charge in [-0.3, -0.25) is 4.79 Å². The van der Waals surface area contributed by atoms with E-state index in [4.69, 9.17) is 10.2 Å². The summed E-state index contributed by atoms with van der Waals surface area (Å²) in [5, 5.41) is 6.24. The third kappa shape index (κ3) is 5.92. The number of hydrogen-bond acceptors (Lipinski definition) is 4. The van der Waals surface area contributed by atoms with Gasteiger partial charge in [0.1, 0.15) is 12.3 Å². The number of nitrogens with one attached hydrogen (secondary N) is 2. The highest BCUT2D eigenvalue weighted by atomic mass is 16.4. The van der Waals surface area contributed by atoms with Crippen LogP contribution >= 0.6 is 0 Å². The standard InChI is InChI=1S/C16H29N5O2/c1-7-18-14(21-10-16(5,6)13(17)22)20-9-12-19-8-11(23-12)15(2,3)4/h8H,7,9-10H2,1-6H3,(H2,17,22)(H2,18,20,21). The molecular weight excluding hydrogens is 294 g/mol. The van der Waals surface area contributed by atoms with E-state index in [0.717, 1.165) is 5.76 Å². The van der Waals surface area contributed by atoms with Gasteiger partial charge in [0.2, 0.25) is 11.8 Å². The summed E-state index contributed by atoms with van der Waals surface area (Å²) in [5.41, 5.74) is 4.64. The molecule has 1 aromatic heterocycles. The average Bonchev–Trinajstić information content (AvgIpc) is 2.90. The maximum absolute atomic E-state index is 11.4. The van der Waals surface area contributed by atoms with E-state index >= 15 is 0 Å². The van der Waals surface area contributed by atoms with Crippen LogP contribution in [0.2, 0.25) is 0 Å². The van der Waals surface area contributed by atoms with Crippen molar-refractivity contribution in [2.75, 3.05) is 13.1 Å². The third-order valence-corrected chi connectivity index (χ3v) is 3.37.